The van der Waals surface area contributed by atoms with Crippen molar-refractivity contribution in [3.63, 3.8) is 0 Å². The first-order valence-corrected chi connectivity index (χ1v) is 4.23. The van der Waals surface area contributed by atoms with Gasteiger partial charge in [-0.25, -0.2) is 0 Å². The average Bonchev–Trinajstić information content (AvgIpc) is 1.80. The number of hydrogen-bond donors (Lipinski definition) is 2. The molecule has 0 saturated carbocycles. The normalized spacial score (nSPS) is 13.7. The third kappa shape index (κ3) is 8.40. The van der Waals surface area contributed by atoms with Crippen molar-refractivity contribution in [2.45, 2.75) is 18.2 Å². The Balaban J connectivity index is 2.75. The molecule has 0 aliphatic rings. The van der Waals surface area contributed by atoms with E-state index < -0.39 is 0 Å². The molecule has 0 aliphatic carbocycles. The summed E-state index contributed by atoms with van der Waals surface area (Å²) < 4.78 is 0. The zero-order valence-corrected chi connectivity index (χ0v) is 7.45. The second-order valence-electron chi connectivity index (χ2n) is 2.13. The average molecular weight is 195 g/mol. The molecule has 0 amide bonds. The van der Waals surface area contributed by atoms with Gasteiger partial charge in [0.2, 0.25) is 0 Å². The van der Waals surface area contributed by atoms with Crippen molar-refractivity contribution in [2.24, 2.45) is 5.73 Å². The maximum absolute atomic E-state index is 5.29. The lowest BCUT2D eigenvalue weighted by atomic mass is 10.4. The molecular formula is C6H15BrN2. The van der Waals surface area contributed by atoms with Crippen LogP contribution in [0, 0.1) is 0 Å². The van der Waals surface area contributed by atoms with Crippen LogP contribution in [-0.4, -0.2) is 24.5 Å². The van der Waals surface area contributed by atoms with Gasteiger partial charge in [0.15, 0.2) is 0 Å². The van der Waals surface area contributed by atoms with Crippen LogP contribution < -0.4 is 11.1 Å². The Morgan fingerprint density at radius 2 is 2.33 bits per heavy atom. The molecule has 1 atom stereocenters. The summed E-state index contributed by atoms with van der Waals surface area (Å²) in [4.78, 5) is 0.565. The smallest absolute Gasteiger partial charge is 0.0242 e. The van der Waals surface area contributed by atoms with E-state index in [0.717, 1.165) is 26.1 Å². The maximum atomic E-state index is 5.29. The van der Waals surface area contributed by atoms with E-state index in [0.29, 0.717) is 4.83 Å². The molecule has 56 valence electrons. The highest BCUT2D eigenvalue weighted by atomic mass is 79.9. The van der Waals surface area contributed by atoms with E-state index in [1.54, 1.807) is 0 Å². The largest absolute Gasteiger partial charge is 0.330 e. The highest BCUT2D eigenvalue weighted by Crippen LogP contribution is 1.92. The number of alkyl halides is 1. The molecule has 1 unspecified atom stereocenters. The van der Waals surface area contributed by atoms with Crippen LogP contribution in [0.1, 0.15) is 13.3 Å². The number of nitrogens with two attached hydrogens (primary N) is 1. The highest BCUT2D eigenvalue weighted by molar-refractivity contribution is 9.09. The van der Waals surface area contributed by atoms with Gasteiger partial charge in [0.25, 0.3) is 0 Å². The molecule has 0 fully saturated rings. The predicted molar refractivity (Wildman–Crippen MR) is 44.9 cm³/mol. The number of halogens is 1. The first-order chi connectivity index (χ1) is 4.27. The van der Waals surface area contributed by atoms with Crippen molar-refractivity contribution < 1.29 is 0 Å². The third-order valence-electron chi connectivity index (χ3n) is 0.983. The minimum absolute atomic E-state index is 0.565. The second-order valence-corrected chi connectivity index (χ2v) is 3.69. The summed E-state index contributed by atoms with van der Waals surface area (Å²) in [6.07, 6.45) is 1.07. The lowest BCUT2D eigenvalue weighted by Gasteiger charge is -2.03. The van der Waals surface area contributed by atoms with Crippen LogP contribution in [0.3, 0.4) is 0 Å². The standard InChI is InChI=1S/C6H15BrN2/c1-6(7)5-9-4-2-3-8/h6,9H,2-5,8H2,1H3. The van der Waals surface area contributed by atoms with Gasteiger partial charge in [-0.05, 0) is 19.5 Å². The first kappa shape index (κ1) is 9.40. The van der Waals surface area contributed by atoms with Gasteiger partial charge in [0.05, 0.1) is 0 Å². The lowest BCUT2D eigenvalue weighted by Crippen LogP contribution is -2.23. The molecule has 0 aromatic rings. The summed E-state index contributed by atoms with van der Waals surface area (Å²) >= 11 is 3.43. The summed E-state index contributed by atoms with van der Waals surface area (Å²) in [5, 5.41) is 3.26. The zero-order chi connectivity index (χ0) is 7.11. The Hall–Kier alpha value is 0.400. The van der Waals surface area contributed by atoms with Gasteiger partial charge in [-0.2, -0.15) is 0 Å². The molecule has 2 nitrogen and oxygen atoms in total. The third-order valence-corrected chi connectivity index (χ3v) is 1.31. The van der Waals surface area contributed by atoms with Gasteiger partial charge in [0, 0.05) is 11.4 Å². The fourth-order valence-electron chi connectivity index (χ4n) is 0.528. The Morgan fingerprint density at radius 1 is 1.67 bits per heavy atom. The van der Waals surface area contributed by atoms with Crippen LogP contribution in [0.2, 0.25) is 0 Å². The van der Waals surface area contributed by atoms with Gasteiger partial charge in [-0.3, -0.25) is 0 Å². The fourth-order valence-corrected chi connectivity index (χ4v) is 0.757. The van der Waals surface area contributed by atoms with Gasteiger partial charge in [-0.15, -0.1) is 0 Å². The molecule has 0 spiro atoms. The van der Waals surface area contributed by atoms with Crippen LogP contribution in [-0.2, 0) is 0 Å². The number of hydrogen-bond acceptors (Lipinski definition) is 2. The molecule has 3 N–H and O–H groups in total. The summed E-state index contributed by atoms with van der Waals surface area (Å²) in [5.41, 5.74) is 5.29. The Labute approximate surface area is 65.3 Å². The Bertz CT molecular complexity index is 57.0. The number of rotatable bonds is 5. The predicted octanol–water partition coefficient (Wildman–Crippen LogP) is 0.708. The Morgan fingerprint density at radius 3 is 2.78 bits per heavy atom. The van der Waals surface area contributed by atoms with Gasteiger partial charge < -0.3 is 11.1 Å². The van der Waals surface area contributed by atoms with E-state index in [1.165, 1.54) is 0 Å². The summed E-state index contributed by atoms with van der Waals surface area (Å²) in [7, 11) is 0. The lowest BCUT2D eigenvalue weighted by molar-refractivity contribution is 0.654. The van der Waals surface area contributed by atoms with Crippen LogP contribution in [0.25, 0.3) is 0 Å². The highest BCUT2D eigenvalue weighted by Gasteiger charge is 1.91. The molecular weight excluding hydrogens is 180 g/mol. The molecule has 9 heavy (non-hydrogen) atoms. The van der Waals surface area contributed by atoms with E-state index in [2.05, 4.69) is 28.2 Å². The monoisotopic (exact) mass is 194 g/mol. The van der Waals surface area contributed by atoms with E-state index in [-0.39, 0.29) is 0 Å². The zero-order valence-electron chi connectivity index (χ0n) is 5.86. The van der Waals surface area contributed by atoms with Crippen molar-refractivity contribution >= 4 is 15.9 Å². The minimum Gasteiger partial charge on any atom is -0.330 e. The van der Waals surface area contributed by atoms with Gasteiger partial charge in [-0.1, -0.05) is 22.9 Å². The van der Waals surface area contributed by atoms with Crippen molar-refractivity contribution in [3.8, 4) is 0 Å². The van der Waals surface area contributed by atoms with Crippen molar-refractivity contribution in [1.82, 2.24) is 5.32 Å². The second kappa shape index (κ2) is 6.52. The molecule has 0 aromatic heterocycles. The van der Waals surface area contributed by atoms with Crippen LogP contribution in [0.5, 0.6) is 0 Å². The molecule has 0 aromatic carbocycles. The molecule has 0 saturated heterocycles. The SMILES string of the molecule is CC(Br)CNCCCN. The Kier molecular flexibility index (Phi) is 6.81. The van der Waals surface area contributed by atoms with Gasteiger partial charge >= 0.3 is 0 Å². The molecule has 0 heterocycles. The fraction of sp³-hybridized carbons (Fsp3) is 1.00. The van der Waals surface area contributed by atoms with Crippen molar-refractivity contribution in [1.29, 1.82) is 0 Å². The van der Waals surface area contributed by atoms with E-state index in [9.17, 15) is 0 Å². The molecule has 0 bridgehead atoms. The molecule has 0 rings (SSSR count). The molecule has 0 radical (unpaired) electrons. The quantitative estimate of drug-likeness (QED) is 0.500. The van der Waals surface area contributed by atoms with E-state index in [1.807, 2.05) is 0 Å². The van der Waals surface area contributed by atoms with E-state index in [4.69, 9.17) is 5.73 Å². The van der Waals surface area contributed by atoms with Gasteiger partial charge in [0.1, 0.15) is 0 Å². The van der Waals surface area contributed by atoms with Crippen LogP contribution in [0.15, 0.2) is 0 Å². The summed E-state index contributed by atoms with van der Waals surface area (Å²) in [6.45, 7) is 4.96. The topological polar surface area (TPSA) is 38.0 Å². The molecule has 0 aliphatic heterocycles. The van der Waals surface area contributed by atoms with Crippen LogP contribution in [0.4, 0.5) is 0 Å². The van der Waals surface area contributed by atoms with E-state index >= 15 is 0 Å². The summed E-state index contributed by atoms with van der Waals surface area (Å²) in [5.74, 6) is 0. The summed E-state index contributed by atoms with van der Waals surface area (Å²) in [6, 6.07) is 0. The first-order valence-electron chi connectivity index (χ1n) is 3.32. The minimum atomic E-state index is 0.565. The van der Waals surface area contributed by atoms with Crippen LogP contribution >= 0.6 is 15.9 Å². The maximum Gasteiger partial charge on any atom is 0.0242 e. The van der Waals surface area contributed by atoms with Crippen molar-refractivity contribution in [2.75, 3.05) is 19.6 Å². The van der Waals surface area contributed by atoms with Crippen molar-refractivity contribution in [3.05, 3.63) is 0 Å². The number of nitrogens with one attached hydrogen (secondary N) is 1. The molecule has 3 heteroatoms.